The molecule has 0 aliphatic carbocycles. The molecule has 3 atom stereocenters. The van der Waals surface area contributed by atoms with Gasteiger partial charge in [0.1, 0.15) is 29.3 Å². The van der Waals surface area contributed by atoms with E-state index in [1.165, 1.54) is 38.3 Å². The molecule has 0 fully saturated rings. The Hall–Kier alpha value is -2.71. The van der Waals surface area contributed by atoms with Gasteiger partial charge in [-0.1, -0.05) is 12.2 Å². The Morgan fingerprint density at radius 1 is 1.22 bits per heavy atom. The molecule has 0 bridgehead atoms. The smallest absolute Gasteiger partial charge is 0.342 e. The standard InChI is InChI=1S/C19H21FO7/c1-10-6-7-13(20)17(23)18(24)14(21)5-3-4-11-8-12(26-2)9-15(22)16(11)19(25)27-10/h3-4,7-10,14,18,21-22,24H,5-6H2,1-2H3/b4-3+,13-7+/t10?,14-,18?/m0/s1. The minimum absolute atomic E-state index is 0.119. The lowest BCUT2D eigenvalue weighted by Crippen LogP contribution is -2.34. The molecule has 3 N–H and O–H groups in total. The van der Waals surface area contributed by atoms with E-state index in [1.54, 1.807) is 0 Å². The van der Waals surface area contributed by atoms with E-state index in [2.05, 4.69) is 0 Å². The topological polar surface area (TPSA) is 113 Å². The third-order valence-corrected chi connectivity index (χ3v) is 4.04. The maximum atomic E-state index is 13.9. The Bertz CT molecular complexity index is 785. The molecule has 8 heteroatoms. The zero-order valence-electron chi connectivity index (χ0n) is 14.9. The highest BCUT2D eigenvalue weighted by molar-refractivity contribution is 5.98. The fourth-order valence-corrected chi connectivity index (χ4v) is 2.53. The third kappa shape index (κ3) is 4.93. The number of esters is 1. The van der Waals surface area contributed by atoms with Crippen molar-refractivity contribution >= 4 is 17.8 Å². The zero-order chi connectivity index (χ0) is 20.1. The first kappa shape index (κ1) is 20.6. The van der Waals surface area contributed by atoms with Crippen molar-refractivity contribution in [3.8, 4) is 11.5 Å². The van der Waals surface area contributed by atoms with Crippen LogP contribution in [0.2, 0.25) is 0 Å². The maximum Gasteiger partial charge on any atom is 0.342 e. The quantitative estimate of drug-likeness (QED) is 0.638. The first-order valence-corrected chi connectivity index (χ1v) is 8.29. The number of cyclic esters (lactones) is 1. The molecular formula is C19H21FO7. The van der Waals surface area contributed by atoms with Crippen molar-refractivity contribution in [3.63, 3.8) is 0 Å². The molecule has 1 aromatic rings. The number of aliphatic hydroxyl groups is 2. The Morgan fingerprint density at radius 2 is 1.93 bits per heavy atom. The highest BCUT2D eigenvalue weighted by atomic mass is 19.1. The predicted octanol–water partition coefficient (Wildman–Crippen LogP) is 1.90. The van der Waals surface area contributed by atoms with Gasteiger partial charge in [-0.05, 0) is 31.1 Å². The molecule has 2 rings (SSSR count). The van der Waals surface area contributed by atoms with Crippen LogP contribution in [0.25, 0.3) is 6.08 Å². The van der Waals surface area contributed by atoms with Gasteiger partial charge in [-0.2, -0.15) is 0 Å². The zero-order valence-corrected chi connectivity index (χ0v) is 14.9. The Balaban J connectivity index is 2.48. The minimum Gasteiger partial charge on any atom is -0.507 e. The van der Waals surface area contributed by atoms with Crippen LogP contribution in [0.3, 0.4) is 0 Å². The molecule has 27 heavy (non-hydrogen) atoms. The molecule has 1 aliphatic heterocycles. The second-order valence-electron chi connectivity index (χ2n) is 6.13. The van der Waals surface area contributed by atoms with E-state index in [0.29, 0.717) is 5.75 Å². The van der Waals surface area contributed by atoms with Crippen molar-refractivity contribution in [1.82, 2.24) is 0 Å². The van der Waals surface area contributed by atoms with Crippen LogP contribution < -0.4 is 4.74 Å². The summed E-state index contributed by atoms with van der Waals surface area (Å²) < 4.78 is 24.1. The van der Waals surface area contributed by atoms with Crippen molar-refractivity contribution in [2.45, 2.75) is 38.1 Å². The number of ether oxygens (including phenoxy) is 2. The average molecular weight is 380 g/mol. The molecule has 0 amide bonds. The van der Waals surface area contributed by atoms with Gasteiger partial charge in [0.15, 0.2) is 5.83 Å². The second kappa shape index (κ2) is 8.79. The van der Waals surface area contributed by atoms with Gasteiger partial charge in [0.25, 0.3) is 0 Å². The highest BCUT2D eigenvalue weighted by Crippen LogP contribution is 2.30. The number of carbonyl (C=O) groups is 2. The van der Waals surface area contributed by atoms with E-state index in [9.17, 15) is 29.3 Å². The van der Waals surface area contributed by atoms with Crippen molar-refractivity contribution < 1.29 is 38.8 Å². The lowest BCUT2D eigenvalue weighted by Gasteiger charge is -2.17. The molecule has 2 unspecified atom stereocenters. The summed E-state index contributed by atoms with van der Waals surface area (Å²) in [6.07, 6.45) is -0.929. The van der Waals surface area contributed by atoms with Crippen molar-refractivity contribution in [2.24, 2.45) is 0 Å². The van der Waals surface area contributed by atoms with Gasteiger partial charge in [-0.15, -0.1) is 0 Å². The Labute approximate surface area is 155 Å². The number of phenolic OH excluding ortho intramolecular Hbond substituents is 1. The summed E-state index contributed by atoms with van der Waals surface area (Å²) in [6, 6.07) is 2.73. The number of fused-ring (bicyclic) bond motifs is 1. The van der Waals surface area contributed by atoms with Crippen LogP contribution in [-0.2, 0) is 9.53 Å². The molecule has 0 spiro atoms. The third-order valence-electron chi connectivity index (χ3n) is 4.04. The number of halogens is 1. The monoisotopic (exact) mass is 380 g/mol. The van der Waals surface area contributed by atoms with Crippen LogP contribution in [0.15, 0.2) is 30.1 Å². The van der Waals surface area contributed by atoms with Crippen molar-refractivity contribution in [2.75, 3.05) is 7.11 Å². The number of methoxy groups -OCH3 is 1. The van der Waals surface area contributed by atoms with Crippen LogP contribution >= 0.6 is 0 Å². The molecule has 0 aromatic heterocycles. The number of phenols is 1. The second-order valence-corrected chi connectivity index (χ2v) is 6.13. The fourth-order valence-electron chi connectivity index (χ4n) is 2.53. The number of hydrogen-bond acceptors (Lipinski definition) is 7. The summed E-state index contributed by atoms with van der Waals surface area (Å²) in [6.45, 7) is 1.49. The first-order chi connectivity index (χ1) is 12.7. The van der Waals surface area contributed by atoms with Crippen molar-refractivity contribution in [1.29, 1.82) is 0 Å². The normalized spacial score (nSPS) is 27.6. The van der Waals surface area contributed by atoms with Crippen LogP contribution in [0.5, 0.6) is 11.5 Å². The molecule has 0 saturated heterocycles. The summed E-state index contributed by atoms with van der Waals surface area (Å²) in [5.41, 5.74) is 0.141. The lowest BCUT2D eigenvalue weighted by atomic mass is 10.0. The molecule has 0 radical (unpaired) electrons. The van der Waals surface area contributed by atoms with E-state index < -0.39 is 35.9 Å². The fraction of sp³-hybridized carbons (Fsp3) is 0.368. The number of rotatable bonds is 1. The van der Waals surface area contributed by atoms with Gasteiger partial charge in [0.05, 0.1) is 13.2 Å². The van der Waals surface area contributed by atoms with Gasteiger partial charge < -0.3 is 24.8 Å². The van der Waals surface area contributed by atoms with Gasteiger partial charge in [0.2, 0.25) is 5.78 Å². The number of aliphatic hydroxyl groups excluding tert-OH is 2. The summed E-state index contributed by atoms with van der Waals surface area (Å²) >= 11 is 0. The number of carbonyl (C=O) groups excluding carboxylic acids is 2. The number of benzene rings is 1. The molecule has 0 saturated carbocycles. The molecule has 1 heterocycles. The van der Waals surface area contributed by atoms with Crippen LogP contribution in [0.1, 0.15) is 35.7 Å². The number of aromatic hydroxyl groups is 1. The van der Waals surface area contributed by atoms with Crippen LogP contribution in [-0.4, -0.2) is 52.5 Å². The Morgan fingerprint density at radius 3 is 2.59 bits per heavy atom. The van der Waals surface area contributed by atoms with Gasteiger partial charge >= 0.3 is 5.97 Å². The van der Waals surface area contributed by atoms with Crippen LogP contribution in [0, 0.1) is 0 Å². The molecule has 7 nitrogen and oxygen atoms in total. The van der Waals surface area contributed by atoms with Gasteiger partial charge in [0, 0.05) is 12.5 Å². The van der Waals surface area contributed by atoms with E-state index in [1.807, 2.05) is 0 Å². The summed E-state index contributed by atoms with van der Waals surface area (Å²) in [5, 5.41) is 29.9. The molecule has 1 aliphatic rings. The lowest BCUT2D eigenvalue weighted by molar-refractivity contribution is -0.130. The van der Waals surface area contributed by atoms with E-state index in [0.717, 1.165) is 6.08 Å². The number of hydrogen-bond donors (Lipinski definition) is 3. The first-order valence-electron chi connectivity index (χ1n) is 8.29. The summed E-state index contributed by atoms with van der Waals surface area (Å²) in [4.78, 5) is 24.2. The van der Waals surface area contributed by atoms with E-state index in [4.69, 9.17) is 9.47 Å². The van der Waals surface area contributed by atoms with Gasteiger partial charge in [-0.3, -0.25) is 4.79 Å². The highest BCUT2D eigenvalue weighted by Gasteiger charge is 2.27. The largest absolute Gasteiger partial charge is 0.507 e. The number of Topliss-reactive ketones (excluding diaryl/α,β-unsaturated/α-hetero) is 1. The van der Waals surface area contributed by atoms with E-state index >= 15 is 0 Å². The van der Waals surface area contributed by atoms with Crippen LogP contribution in [0.4, 0.5) is 4.39 Å². The molecular weight excluding hydrogens is 359 g/mol. The SMILES string of the molecule is COc1cc(O)c2c(c1)/C=C/C[C@H](O)C(O)C(=O)/C(F)=C\CC(C)OC2=O. The predicted molar refractivity (Wildman–Crippen MR) is 94.0 cm³/mol. The van der Waals surface area contributed by atoms with Gasteiger partial charge in [-0.25, -0.2) is 9.18 Å². The maximum absolute atomic E-state index is 13.9. The summed E-state index contributed by atoms with van der Waals surface area (Å²) in [7, 11) is 1.39. The average Bonchev–Trinajstić information content (AvgIpc) is 2.63. The number of ketones is 1. The van der Waals surface area contributed by atoms with E-state index in [-0.39, 0.29) is 29.7 Å². The molecule has 1 aromatic carbocycles. The summed E-state index contributed by atoms with van der Waals surface area (Å²) in [5.74, 6) is -3.38. The Kier molecular flexibility index (Phi) is 6.70. The minimum atomic E-state index is -1.93. The van der Waals surface area contributed by atoms with Crippen molar-refractivity contribution in [3.05, 3.63) is 41.2 Å². The molecule has 146 valence electrons.